The van der Waals surface area contributed by atoms with Crippen molar-refractivity contribution in [1.29, 1.82) is 0 Å². The molecule has 4 N–H and O–H groups in total. The fourth-order valence-corrected chi connectivity index (χ4v) is 5.49. The number of carbonyl (C=O) groups is 3. The Hall–Kier alpha value is -2.06. The van der Waals surface area contributed by atoms with Crippen molar-refractivity contribution in [2.75, 3.05) is 0 Å². The van der Waals surface area contributed by atoms with Crippen molar-refractivity contribution in [2.24, 2.45) is 16.7 Å². The standard InChI is InChI=1S/C21H23ClO7/c1-4-5-6-7-11(23)13-14-20(3,29)18(28)19(2,17(13)27)9-21(14)15(25)10(22)8-12(24)16(21)26/h4-8,12,14,16,23-24,26,29H,9H2,1-3H3/t12-,14-,16+,19+,20-,21-/m0/s1. The number of aliphatic hydroxyl groups is 4. The van der Waals surface area contributed by atoms with Crippen molar-refractivity contribution in [3.8, 4) is 0 Å². The van der Waals surface area contributed by atoms with Crippen molar-refractivity contribution in [2.45, 2.75) is 45.0 Å². The van der Waals surface area contributed by atoms with Gasteiger partial charge in [0.1, 0.15) is 17.5 Å². The van der Waals surface area contributed by atoms with Gasteiger partial charge in [-0.05, 0) is 39.3 Å². The van der Waals surface area contributed by atoms with Gasteiger partial charge in [-0.15, -0.1) is 0 Å². The molecule has 0 saturated heterocycles. The summed E-state index contributed by atoms with van der Waals surface area (Å²) < 4.78 is 0. The minimum atomic E-state index is -2.26. The highest BCUT2D eigenvalue weighted by Crippen LogP contribution is 2.64. The lowest BCUT2D eigenvalue weighted by Crippen LogP contribution is -2.75. The molecule has 2 bridgehead atoms. The summed E-state index contributed by atoms with van der Waals surface area (Å²) in [6.07, 6.45) is 3.19. The number of hydrogen-bond acceptors (Lipinski definition) is 7. The highest BCUT2D eigenvalue weighted by atomic mass is 35.5. The van der Waals surface area contributed by atoms with E-state index in [1.54, 1.807) is 19.1 Å². The Kier molecular flexibility index (Phi) is 5.03. The number of rotatable bonds is 2. The van der Waals surface area contributed by atoms with E-state index in [2.05, 4.69) is 0 Å². The number of ketones is 3. The Labute approximate surface area is 172 Å². The number of allylic oxidation sites excluding steroid dienone is 5. The van der Waals surface area contributed by atoms with E-state index >= 15 is 0 Å². The zero-order valence-corrected chi connectivity index (χ0v) is 17.0. The number of aliphatic hydroxyl groups excluding tert-OH is 3. The first-order valence-electron chi connectivity index (χ1n) is 9.20. The number of halogens is 1. The summed E-state index contributed by atoms with van der Waals surface area (Å²) in [6.45, 7) is 4.16. The molecule has 4 aliphatic rings. The van der Waals surface area contributed by atoms with Crippen molar-refractivity contribution >= 4 is 29.0 Å². The number of fused-ring (bicyclic) bond motifs is 2. The van der Waals surface area contributed by atoms with Crippen LogP contribution < -0.4 is 0 Å². The van der Waals surface area contributed by atoms with Gasteiger partial charge in [0.2, 0.25) is 0 Å². The van der Waals surface area contributed by atoms with Gasteiger partial charge in [0, 0.05) is 11.5 Å². The Morgan fingerprint density at radius 3 is 2.38 bits per heavy atom. The zero-order valence-electron chi connectivity index (χ0n) is 16.2. The lowest BCUT2D eigenvalue weighted by Gasteiger charge is -2.61. The molecule has 0 aromatic heterocycles. The first kappa shape index (κ1) is 21.6. The summed E-state index contributed by atoms with van der Waals surface area (Å²) in [5.74, 6) is -4.45. The van der Waals surface area contributed by atoms with Crippen molar-refractivity contribution in [3.05, 3.63) is 46.7 Å². The molecular formula is C21H23ClO7. The summed E-state index contributed by atoms with van der Waals surface area (Å²) in [5, 5.41) is 42.6. The Morgan fingerprint density at radius 1 is 1.17 bits per heavy atom. The predicted molar refractivity (Wildman–Crippen MR) is 104 cm³/mol. The number of Topliss-reactive ketones (excluding diaryl/α,β-unsaturated/α-hetero) is 3. The van der Waals surface area contributed by atoms with E-state index in [1.165, 1.54) is 19.1 Å². The lowest BCUT2D eigenvalue weighted by atomic mass is 9.40. The third-order valence-electron chi connectivity index (χ3n) is 6.36. The fraction of sp³-hybridized carbons (Fsp3) is 0.476. The van der Waals surface area contributed by atoms with Crippen LogP contribution in [0.15, 0.2) is 46.7 Å². The molecule has 0 unspecified atom stereocenters. The molecule has 7 nitrogen and oxygen atoms in total. The third-order valence-corrected chi connectivity index (χ3v) is 6.66. The minimum absolute atomic E-state index is 0.338. The van der Waals surface area contributed by atoms with Gasteiger partial charge in [0.25, 0.3) is 0 Å². The van der Waals surface area contributed by atoms with Crippen molar-refractivity contribution in [3.63, 3.8) is 0 Å². The molecule has 0 radical (unpaired) electrons. The maximum Gasteiger partial charge on any atom is 0.183 e. The molecule has 0 aliphatic heterocycles. The molecule has 0 amide bonds. The first-order valence-corrected chi connectivity index (χ1v) is 9.58. The van der Waals surface area contributed by atoms with E-state index in [-0.39, 0.29) is 10.6 Å². The molecule has 8 heteroatoms. The molecule has 0 aromatic carbocycles. The summed E-state index contributed by atoms with van der Waals surface area (Å²) in [6, 6.07) is 0. The van der Waals surface area contributed by atoms with Crippen LogP contribution in [0.5, 0.6) is 0 Å². The summed E-state index contributed by atoms with van der Waals surface area (Å²) in [7, 11) is 0. The van der Waals surface area contributed by atoms with Gasteiger partial charge in [-0.1, -0.05) is 29.8 Å². The predicted octanol–water partition coefficient (Wildman–Crippen LogP) is 1.27. The Morgan fingerprint density at radius 2 is 1.79 bits per heavy atom. The van der Waals surface area contributed by atoms with Crippen molar-refractivity contribution in [1.82, 2.24) is 0 Å². The second-order valence-electron chi connectivity index (χ2n) is 8.25. The lowest BCUT2D eigenvalue weighted by molar-refractivity contribution is -0.203. The van der Waals surface area contributed by atoms with E-state index in [0.29, 0.717) is 0 Å². The normalized spacial score (nSPS) is 44.3. The third kappa shape index (κ3) is 2.65. The molecule has 0 heterocycles. The number of carbonyl (C=O) groups excluding carboxylic acids is 3. The van der Waals surface area contributed by atoms with Gasteiger partial charge in [0.15, 0.2) is 17.3 Å². The van der Waals surface area contributed by atoms with Gasteiger partial charge < -0.3 is 20.4 Å². The minimum Gasteiger partial charge on any atom is -0.508 e. The molecule has 29 heavy (non-hydrogen) atoms. The largest absolute Gasteiger partial charge is 0.508 e. The van der Waals surface area contributed by atoms with Crippen LogP contribution in [0.3, 0.4) is 0 Å². The Bertz CT molecular complexity index is 925. The van der Waals surface area contributed by atoms with E-state index in [4.69, 9.17) is 11.6 Å². The average molecular weight is 423 g/mol. The Balaban J connectivity index is 2.37. The van der Waals surface area contributed by atoms with E-state index in [0.717, 1.165) is 13.0 Å². The average Bonchev–Trinajstić information content (AvgIpc) is 2.65. The second kappa shape index (κ2) is 6.74. The van der Waals surface area contributed by atoms with Gasteiger partial charge >= 0.3 is 0 Å². The van der Waals surface area contributed by atoms with E-state index < -0.39 is 64.1 Å². The molecule has 1 spiro atoms. The van der Waals surface area contributed by atoms with Crippen LogP contribution in [0.1, 0.15) is 27.2 Å². The monoisotopic (exact) mass is 422 g/mol. The topological polar surface area (TPSA) is 132 Å². The molecule has 3 fully saturated rings. The smallest absolute Gasteiger partial charge is 0.183 e. The van der Waals surface area contributed by atoms with Gasteiger partial charge in [-0.2, -0.15) is 0 Å². The molecule has 6 atom stereocenters. The summed E-state index contributed by atoms with van der Waals surface area (Å²) >= 11 is 6.02. The van der Waals surface area contributed by atoms with Crippen LogP contribution in [0, 0.1) is 16.7 Å². The van der Waals surface area contributed by atoms with E-state index in [1.807, 2.05) is 0 Å². The van der Waals surface area contributed by atoms with E-state index in [9.17, 15) is 34.8 Å². The summed E-state index contributed by atoms with van der Waals surface area (Å²) in [4.78, 5) is 39.3. The maximum absolute atomic E-state index is 13.2. The van der Waals surface area contributed by atoms with Crippen LogP contribution in [0.2, 0.25) is 0 Å². The van der Waals surface area contributed by atoms with Crippen LogP contribution >= 0.6 is 11.6 Å². The highest BCUT2D eigenvalue weighted by Gasteiger charge is 2.77. The SMILES string of the molecule is CC=CC=CC(O)=C1C(=O)[C@@]2(C)C[C@@]3(C(=O)C(Cl)=C[C@H](O)[C@H]3O)[C@@H]1[C@](C)(O)C2=O. The molecule has 156 valence electrons. The zero-order chi connectivity index (χ0) is 21.9. The van der Waals surface area contributed by atoms with Gasteiger partial charge in [-0.25, -0.2) is 0 Å². The molecule has 4 rings (SSSR count). The molecule has 3 saturated carbocycles. The van der Waals surface area contributed by atoms with Crippen LogP contribution in [0.4, 0.5) is 0 Å². The van der Waals surface area contributed by atoms with Gasteiger partial charge in [-0.3, -0.25) is 14.4 Å². The van der Waals surface area contributed by atoms with Gasteiger partial charge in [0.05, 0.1) is 22.0 Å². The quantitative estimate of drug-likeness (QED) is 0.228. The maximum atomic E-state index is 13.2. The second-order valence-corrected chi connectivity index (χ2v) is 8.66. The fourth-order valence-electron chi connectivity index (χ4n) is 5.19. The molecular weight excluding hydrogens is 400 g/mol. The first-order chi connectivity index (χ1) is 13.4. The number of hydrogen-bond donors (Lipinski definition) is 4. The molecule has 0 aromatic rings. The molecule has 4 aliphatic carbocycles. The van der Waals surface area contributed by atoms with Crippen molar-refractivity contribution < 1.29 is 34.8 Å². The van der Waals surface area contributed by atoms with Crippen LogP contribution in [-0.4, -0.2) is 55.6 Å². The summed E-state index contributed by atoms with van der Waals surface area (Å²) in [5.41, 5.74) is -6.44. The highest BCUT2D eigenvalue weighted by molar-refractivity contribution is 6.44. The van der Waals surface area contributed by atoms with Crippen LogP contribution in [-0.2, 0) is 14.4 Å². The van der Waals surface area contributed by atoms with Crippen LogP contribution in [0.25, 0.3) is 0 Å².